The Morgan fingerprint density at radius 3 is 2.56 bits per heavy atom. The molecule has 2 rings (SSSR count). The molecule has 1 amide bonds. The molecular weight excluding hydrogens is 226 g/mol. The summed E-state index contributed by atoms with van der Waals surface area (Å²) in [6.45, 7) is 0.136. The molecule has 3 heteroatoms. The molecule has 1 aromatic rings. The smallest absolute Gasteiger partial charge is 0.260 e. The highest BCUT2D eigenvalue weighted by Gasteiger charge is 2.22. The highest BCUT2D eigenvalue weighted by Crippen LogP contribution is 2.21. The molecule has 0 N–H and O–H groups in total. The van der Waals surface area contributed by atoms with Gasteiger partial charge in [-0.05, 0) is 25.0 Å². The molecular formula is C15H21NO2. The number of benzene rings is 1. The van der Waals surface area contributed by atoms with Crippen LogP contribution in [0.25, 0.3) is 0 Å². The standard InChI is InChI=1S/C15H21NO2/c1-16(13-8-4-2-5-9-13)15(17)12-18-14-10-6-3-7-11-14/h3,6-7,10-11,13H,2,4-5,8-9,12H2,1H3. The molecule has 1 aliphatic carbocycles. The second-order valence-electron chi connectivity index (χ2n) is 4.90. The summed E-state index contributed by atoms with van der Waals surface area (Å²) in [6, 6.07) is 9.89. The molecule has 0 saturated heterocycles. The maximum atomic E-state index is 12.0. The Morgan fingerprint density at radius 2 is 1.89 bits per heavy atom. The Hall–Kier alpha value is -1.51. The molecule has 0 atom stereocenters. The number of nitrogens with zero attached hydrogens (tertiary/aromatic N) is 1. The maximum Gasteiger partial charge on any atom is 0.260 e. The van der Waals surface area contributed by atoms with Gasteiger partial charge in [0.1, 0.15) is 5.75 Å². The lowest BCUT2D eigenvalue weighted by Gasteiger charge is -2.31. The van der Waals surface area contributed by atoms with Gasteiger partial charge in [0.05, 0.1) is 0 Å². The van der Waals surface area contributed by atoms with Crippen LogP contribution >= 0.6 is 0 Å². The lowest BCUT2D eigenvalue weighted by molar-refractivity contribution is -0.134. The summed E-state index contributed by atoms with van der Waals surface area (Å²) >= 11 is 0. The van der Waals surface area contributed by atoms with Crippen molar-refractivity contribution in [3.63, 3.8) is 0 Å². The third-order valence-corrected chi connectivity index (χ3v) is 3.62. The van der Waals surface area contributed by atoms with Crippen molar-refractivity contribution < 1.29 is 9.53 Å². The number of carbonyl (C=O) groups is 1. The van der Waals surface area contributed by atoms with Crippen LogP contribution in [0, 0.1) is 0 Å². The Kier molecular flexibility index (Phi) is 4.62. The summed E-state index contributed by atoms with van der Waals surface area (Å²) in [6.07, 6.45) is 6.05. The minimum atomic E-state index is 0.0748. The number of amides is 1. The van der Waals surface area contributed by atoms with Crippen molar-refractivity contribution in [1.29, 1.82) is 0 Å². The van der Waals surface area contributed by atoms with Gasteiger partial charge in [0, 0.05) is 13.1 Å². The van der Waals surface area contributed by atoms with Gasteiger partial charge in [0.2, 0.25) is 0 Å². The first kappa shape index (κ1) is 12.9. The third-order valence-electron chi connectivity index (χ3n) is 3.62. The predicted octanol–water partition coefficient (Wildman–Crippen LogP) is 2.86. The van der Waals surface area contributed by atoms with E-state index in [1.807, 2.05) is 42.3 Å². The molecule has 1 fully saturated rings. The van der Waals surface area contributed by atoms with Gasteiger partial charge in [-0.25, -0.2) is 0 Å². The van der Waals surface area contributed by atoms with Crippen LogP contribution in [0.5, 0.6) is 5.75 Å². The highest BCUT2D eigenvalue weighted by atomic mass is 16.5. The lowest BCUT2D eigenvalue weighted by Crippen LogP contribution is -2.40. The van der Waals surface area contributed by atoms with Crippen molar-refractivity contribution in [1.82, 2.24) is 4.90 Å². The highest BCUT2D eigenvalue weighted by molar-refractivity contribution is 5.77. The van der Waals surface area contributed by atoms with Gasteiger partial charge in [-0.3, -0.25) is 4.79 Å². The summed E-state index contributed by atoms with van der Waals surface area (Å²) in [5.74, 6) is 0.827. The van der Waals surface area contributed by atoms with Crippen LogP contribution in [-0.2, 0) is 4.79 Å². The van der Waals surface area contributed by atoms with Crippen LogP contribution in [0.15, 0.2) is 30.3 Å². The van der Waals surface area contributed by atoms with E-state index in [0.29, 0.717) is 6.04 Å². The van der Waals surface area contributed by atoms with Crippen LogP contribution in [0.2, 0.25) is 0 Å². The Labute approximate surface area is 109 Å². The Morgan fingerprint density at radius 1 is 1.22 bits per heavy atom. The van der Waals surface area contributed by atoms with Crippen LogP contribution < -0.4 is 4.74 Å². The van der Waals surface area contributed by atoms with Crippen molar-refractivity contribution in [2.24, 2.45) is 0 Å². The molecule has 0 heterocycles. The molecule has 0 aromatic heterocycles. The average molecular weight is 247 g/mol. The molecule has 98 valence electrons. The summed E-state index contributed by atoms with van der Waals surface area (Å²) in [5.41, 5.74) is 0. The first-order valence-electron chi connectivity index (χ1n) is 6.71. The number of hydrogen-bond donors (Lipinski definition) is 0. The second kappa shape index (κ2) is 6.43. The molecule has 0 aliphatic heterocycles. The van der Waals surface area contributed by atoms with Crippen molar-refractivity contribution in [2.75, 3.05) is 13.7 Å². The number of para-hydroxylation sites is 1. The zero-order chi connectivity index (χ0) is 12.8. The van der Waals surface area contributed by atoms with E-state index in [0.717, 1.165) is 18.6 Å². The molecule has 1 saturated carbocycles. The van der Waals surface area contributed by atoms with Crippen LogP contribution in [-0.4, -0.2) is 30.5 Å². The SMILES string of the molecule is CN(C(=O)COc1ccccc1)C1CCCCC1. The normalized spacial score (nSPS) is 16.3. The Bertz CT molecular complexity index is 371. The van der Waals surface area contributed by atoms with E-state index in [9.17, 15) is 4.79 Å². The largest absolute Gasteiger partial charge is 0.484 e. The van der Waals surface area contributed by atoms with Gasteiger partial charge in [-0.2, -0.15) is 0 Å². The maximum absolute atomic E-state index is 12.0. The molecule has 0 unspecified atom stereocenters. The van der Waals surface area contributed by atoms with Crippen molar-refractivity contribution in [2.45, 2.75) is 38.1 Å². The van der Waals surface area contributed by atoms with Gasteiger partial charge in [0.15, 0.2) is 6.61 Å². The monoisotopic (exact) mass is 247 g/mol. The molecule has 0 radical (unpaired) electrons. The van der Waals surface area contributed by atoms with Crippen LogP contribution in [0.4, 0.5) is 0 Å². The van der Waals surface area contributed by atoms with E-state index in [-0.39, 0.29) is 12.5 Å². The number of ether oxygens (including phenoxy) is 1. The second-order valence-corrected chi connectivity index (χ2v) is 4.90. The van der Waals surface area contributed by atoms with Crippen LogP contribution in [0.1, 0.15) is 32.1 Å². The zero-order valence-corrected chi connectivity index (χ0v) is 11.0. The topological polar surface area (TPSA) is 29.5 Å². The fourth-order valence-corrected chi connectivity index (χ4v) is 2.44. The summed E-state index contributed by atoms with van der Waals surface area (Å²) in [5, 5.41) is 0. The van der Waals surface area contributed by atoms with E-state index in [2.05, 4.69) is 0 Å². The molecule has 3 nitrogen and oxygen atoms in total. The third kappa shape index (κ3) is 3.49. The summed E-state index contributed by atoms with van der Waals surface area (Å²) < 4.78 is 5.49. The van der Waals surface area contributed by atoms with E-state index in [1.54, 1.807) is 0 Å². The van der Waals surface area contributed by atoms with Gasteiger partial charge < -0.3 is 9.64 Å². The van der Waals surface area contributed by atoms with Crippen LogP contribution in [0.3, 0.4) is 0 Å². The minimum Gasteiger partial charge on any atom is -0.484 e. The lowest BCUT2D eigenvalue weighted by atomic mass is 9.94. The fourth-order valence-electron chi connectivity index (χ4n) is 2.44. The number of hydrogen-bond acceptors (Lipinski definition) is 2. The van der Waals surface area contributed by atoms with E-state index in [1.165, 1.54) is 19.3 Å². The minimum absolute atomic E-state index is 0.0748. The fraction of sp³-hybridized carbons (Fsp3) is 0.533. The van der Waals surface area contributed by atoms with E-state index >= 15 is 0 Å². The van der Waals surface area contributed by atoms with Gasteiger partial charge in [0.25, 0.3) is 5.91 Å². The number of rotatable bonds is 4. The van der Waals surface area contributed by atoms with Crippen molar-refractivity contribution in [3.8, 4) is 5.75 Å². The number of carbonyl (C=O) groups excluding carboxylic acids is 1. The van der Waals surface area contributed by atoms with Gasteiger partial charge in [-0.15, -0.1) is 0 Å². The summed E-state index contributed by atoms with van der Waals surface area (Å²) in [4.78, 5) is 13.9. The van der Waals surface area contributed by atoms with Gasteiger partial charge >= 0.3 is 0 Å². The first-order valence-corrected chi connectivity index (χ1v) is 6.71. The van der Waals surface area contributed by atoms with Crippen molar-refractivity contribution >= 4 is 5.91 Å². The zero-order valence-electron chi connectivity index (χ0n) is 11.0. The van der Waals surface area contributed by atoms with E-state index in [4.69, 9.17) is 4.74 Å². The molecule has 1 aromatic carbocycles. The first-order chi connectivity index (χ1) is 8.77. The van der Waals surface area contributed by atoms with Crippen molar-refractivity contribution in [3.05, 3.63) is 30.3 Å². The quantitative estimate of drug-likeness (QED) is 0.818. The summed E-state index contributed by atoms with van der Waals surface area (Å²) in [7, 11) is 1.90. The average Bonchev–Trinajstić information content (AvgIpc) is 2.46. The molecule has 0 bridgehead atoms. The number of likely N-dealkylation sites (N-methyl/N-ethyl adjacent to an activating group) is 1. The predicted molar refractivity (Wildman–Crippen MR) is 71.6 cm³/mol. The molecule has 0 spiro atoms. The van der Waals surface area contributed by atoms with E-state index < -0.39 is 0 Å². The molecule has 1 aliphatic rings. The molecule has 18 heavy (non-hydrogen) atoms. The Balaban J connectivity index is 1.80. The van der Waals surface area contributed by atoms with Gasteiger partial charge in [-0.1, -0.05) is 37.5 Å².